The first-order valence-electron chi connectivity index (χ1n) is 8.62. The van der Waals surface area contributed by atoms with Crippen LogP contribution in [0.25, 0.3) is 10.8 Å². The number of aliphatic carboxylic acids is 1. The van der Waals surface area contributed by atoms with E-state index in [2.05, 4.69) is 30.3 Å². The van der Waals surface area contributed by atoms with Crippen molar-refractivity contribution < 1.29 is 14.7 Å². The fraction of sp³-hybridized carbons (Fsp3) is 0.400. The minimum Gasteiger partial charge on any atom is -0.481 e. The molecule has 0 aromatic heterocycles. The molecule has 2 aromatic rings. The number of rotatable bonds is 6. The van der Waals surface area contributed by atoms with Gasteiger partial charge in [-0.3, -0.25) is 9.59 Å². The van der Waals surface area contributed by atoms with Crippen LogP contribution in [0.1, 0.15) is 37.7 Å². The third kappa shape index (κ3) is 3.94. The van der Waals surface area contributed by atoms with Gasteiger partial charge in [-0.25, -0.2) is 0 Å². The number of nitrogens with zero attached hydrogens (tertiary/aromatic N) is 1. The van der Waals surface area contributed by atoms with Crippen molar-refractivity contribution in [1.82, 2.24) is 4.90 Å². The van der Waals surface area contributed by atoms with Crippen molar-refractivity contribution >= 4 is 22.6 Å². The first-order chi connectivity index (χ1) is 11.6. The van der Waals surface area contributed by atoms with Crippen LogP contribution in [0.3, 0.4) is 0 Å². The van der Waals surface area contributed by atoms with E-state index in [4.69, 9.17) is 5.11 Å². The van der Waals surface area contributed by atoms with Crippen molar-refractivity contribution in [1.29, 1.82) is 0 Å². The summed E-state index contributed by atoms with van der Waals surface area (Å²) in [4.78, 5) is 25.0. The van der Waals surface area contributed by atoms with E-state index >= 15 is 0 Å². The Bertz CT molecular complexity index is 740. The molecule has 126 valence electrons. The molecule has 1 aliphatic heterocycles. The van der Waals surface area contributed by atoms with E-state index in [-0.39, 0.29) is 18.4 Å². The van der Waals surface area contributed by atoms with Crippen molar-refractivity contribution in [3.05, 3.63) is 48.0 Å². The number of likely N-dealkylation sites (tertiary alicyclic amines) is 1. The lowest BCUT2D eigenvalue weighted by atomic mass is 10.0. The zero-order chi connectivity index (χ0) is 16.9. The van der Waals surface area contributed by atoms with Gasteiger partial charge in [-0.05, 0) is 42.0 Å². The third-order valence-electron chi connectivity index (χ3n) is 4.78. The highest BCUT2D eigenvalue weighted by molar-refractivity contribution is 5.83. The van der Waals surface area contributed by atoms with Gasteiger partial charge >= 0.3 is 5.97 Å². The zero-order valence-electron chi connectivity index (χ0n) is 13.8. The summed E-state index contributed by atoms with van der Waals surface area (Å²) in [6, 6.07) is 14.6. The standard InChI is InChI=1S/C20H23NO3/c22-19(21-12-4-8-18(21)14-20(23)24)9-3-5-15-10-11-16-6-1-2-7-17(16)13-15/h1-2,6-7,10-11,13,18H,3-5,8-9,12,14H2,(H,23,24). The molecule has 1 saturated heterocycles. The molecule has 0 bridgehead atoms. The van der Waals surface area contributed by atoms with Crippen LogP contribution in [0.5, 0.6) is 0 Å². The zero-order valence-corrected chi connectivity index (χ0v) is 13.8. The molecule has 1 atom stereocenters. The van der Waals surface area contributed by atoms with Gasteiger partial charge in [0.2, 0.25) is 5.91 Å². The minimum absolute atomic E-state index is 0.0659. The van der Waals surface area contributed by atoms with Crippen molar-refractivity contribution in [2.45, 2.75) is 44.6 Å². The van der Waals surface area contributed by atoms with Gasteiger partial charge in [0, 0.05) is 19.0 Å². The highest BCUT2D eigenvalue weighted by atomic mass is 16.4. The van der Waals surface area contributed by atoms with Crippen molar-refractivity contribution in [3.63, 3.8) is 0 Å². The SMILES string of the molecule is O=C(O)CC1CCCN1C(=O)CCCc1ccc2ccccc2c1. The Morgan fingerprint density at radius 3 is 2.71 bits per heavy atom. The molecular formula is C20H23NO3. The number of aryl methyl sites for hydroxylation is 1. The summed E-state index contributed by atoms with van der Waals surface area (Å²) in [7, 11) is 0. The highest BCUT2D eigenvalue weighted by Crippen LogP contribution is 2.22. The third-order valence-corrected chi connectivity index (χ3v) is 4.78. The van der Waals surface area contributed by atoms with Crippen LogP contribution in [-0.2, 0) is 16.0 Å². The average molecular weight is 325 g/mol. The second-order valence-electron chi connectivity index (χ2n) is 6.52. The molecule has 24 heavy (non-hydrogen) atoms. The second-order valence-corrected chi connectivity index (χ2v) is 6.52. The molecule has 0 radical (unpaired) electrons. The van der Waals surface area contributed by atoms with Gasteiger partial charge in [-0.2, -0.15) is 0 Å². The normalized spacial score (nSPS) is 17.3. The Balaban J connectivity index is 1.53. The number of fused-ring (bicyclic) bond motifs is 1. The molecule has 2 aromatic carbocycles. The summed E-state index contributed by atoms with van der Waals surface area (Å²) in [6.45, 7) is 0.701. The summed E-state index contributed by atoms with van der Waals surface area (Å²) in [6.07, 6.45) is 3.94. The Hall–Kier alpha value is -2.36. The molecule has 1 unspecified atom stereocenters. The number of carbonyl (C=O) groups excluding carboxylic acids is 1. The lowest BCUT2D eigenvalue weighted by Crippen LogP contribution is -2.36. The first kappa shape index (κ1) is 16.5. The Kier molecular flexibility index (Phi) is 5.14. The largest absolute Gasteiger partial charge is 0.481 e. The summed E-state index contributed by atoms with van der Waals surface area (Å²) in [5.41, 5.74) is 1.24. The van der Waals surface area contributed by atoms with E-state index in [0.29, 0.717) is 13.0 Å². The summed E-state index contributed by atoms with van der Waals surface area (Å²) in [5, 5.41) is 11.4. The van der Waals surface area contributed by atoms with Crippen LogP contribution in [0.2, 0.25) is 0 Å². The summed E-state index contributed by atoms with van der Waals surface area (Å²) in [5.74, 6) is -0.726. The van der Waals surface area contributed by atoms with Crippen molar-refractivity contribution in [2.24, 2.45) is 0 Å². The van der Waals surface area contributed by atoms with E-state index in [1.807, 2.05) is 12.1 Å². The molecule has 3 rings (SSSR count). The molecule has 1 fully saturated rings. The summed E-state index contributed by atoms with van der Waals surface area (Å²) < 4.78 is 0. The fourth-order valence-electron chi connectivity index (χ4n) is 3.56. The lowest BCUT2D eigenvalue weighted by molar-refractivity contribution is -0.139. The number of benzene rings is 2. The number of carboxylic acids is 1. The molecule has 0 saturated carbocycles. The van der Waals surface area contributed by atoms with E-state index < -0.39 is 5.97 Å². The predicted molar refractivity (Wildman–Crippen MR) is 93.9 cm³/mol. The van der Waals surface area contributed by atoms with Crippen LogP contribution in [0.4, 0.5) is 0 Å². The average Bonchev–Trinajstić information content (AvgIpc) is 3.02. The van der Waals surface area contributed by atoms with E-state index in [0.717, 1.165) is 25.7 Å². The van der Waals surface area contributed by atoms with Crippen molar-refractivity contribution in [2.75, 3.05) is 6.54 Å². The maximum atomic E-state index is 12.4. The van der Waals surface area contributed by atoms with Gasteiger partial charge in [0.25, 0.3) is 0 Å². The van der Waals surface area contributed by atoms with Crippen LogP contribution in [-0.4, -0.2) is 34.5 Å². The van der Waals surface area contributed by atoms with Gasteiger partial charge < -0.3 is 10.0 Å². The minimum atomic E-state index is -0.823. The van der Waals surface area contributed by atoms with E-state index in [1.54, 1.807) is 4.90 Å². The Morgan fingerprint density at radius 1 is 1.12 bits per heavy atom. The van der Waals surface area contributed by atoms with Crippen LogP contribution in [0.15, 0.2) is 42.5 Å². The van der Waals surface area contributed by atoms with Crippen molar-refractivity contribution in [3.8, 4) is 0 Å². The molecule has 1 N–H and O–H groups in total. The van der Waals surface area contributed by atoms with Gasteiger partial charge in [-0.15, -0.1) is 0 Å². The smallest absolute Gasteiger partial charge is 0.305 e. The van der Waals surface area contributed by atoms with E-state index in [1.165, 1.54) is 16.3 Å². The van der Waals surface area contributed by atoms with Gasteiger partial charge in [0.1, 0.15) is 0 Å². The molecule has 1 aliphatic rings. The first-order valence-corrected chi connectivity index (χ1v) is 8.62. The van der Waals surface area contributed by atoms with Gasteiger partial charge in [0.05, 0.1) is 6.42 Å². The quantitative estimate of drug-likeness (QED) is 0.882. The van der Waals surface area contributed by atoms with Crippen LogP contribution >= 0.6 is 0 Å². The molecule has 4 nitrogen and oxygen atoms in total. The predicted octanol–water partition coefficient (Wildman–Crippen LogP) is 3.63. The fourth-order valence-corrected chi connectivity index (χ4v) is 3.56. The molecule has 4 heteroatoms. The number of amides is 1. The number of carbonyl (C=O) groups is 2. The highest BCUT2D eigenvalue weighted by Gasteiger charge is 2.29. The van der Waals surface area contributed by atoms with E-state index in [9.17, 15) is 9.59 Å². The van der Waals surface area contributed by atoms with Crippen LogP contribution in [0, 0.1) is 0 Å². The maximum absolute atomic E-state index is 12.4. The topological polar surface area (TPSA) is 57.6 Å². The second kappa shape index (κ2) is 7.47. The number of hydrogen-bond donors (Lipinski definition) is 1. The maximum Gasteiger partial charge on any atom is 0.305 e. The number of hydrogen-bond acceptors (Lipinski definition) is 2. The lowest BCUT2D eigenvalue weighted by Gasteiger charge is -2.23. The number of carboxylic acid groups (broad SMARTS) is 1. The molecule has 1 heterocycles. The molecular weight excluding hydrogens is 302 g/mol. The molecule has 1 amide bonds. The molecule has 0 spiro atoms. The Labute approximate surface area is 142 Å². The van der Waals surface area contributed by atoms with Gasteiger partial charge in [0.15, 0.2) is 0 Å². The summed E-state index contributed by atoms with van der Waals surface area (Å²) >= 11 is 0. The monoisotopic (exact) mass is 325 g/mol. The van der Waals surface area contributed by atoms with Crippen LogP contribution < -0.4 is 0 Å². The van der Waals surface area contributed by atoms with Gasteiger partial charge in [-0.1, -0.05) is 42.5 Å². The Morgan fingerprint density at radius 2 is 1.92 bits per heavy atom. The molecule has 0 aliphatic carbocycles.